The minimum Gasteiger partial charge on any atom is -0.493 e. The molecule has 0 N–H and O–H groups in total. The van der Waals surface area contributed by atoms with Gasteiger partial charge in [0.15, 0.2) is 0 Å². The average Bonchev–Trinajstić information content (AvgIpc) is 3.08. The zero-order chi connectivity index (χ0) is 21.0. The van der Waals surface area contributed by atoms with Crippen molar-refractivity contribution < 1.29 is 14.3 Å². The molecule has 2 amide bonds. The van der Waals surface area contributed by atoms with Crippen LogP contribution >= 0.6 is 0 Å². The molecule has 29 heavy (non-hydrogen) atoms. The molecular weight excluding hydrogens is 368 g/mol. The van der Waals surface area contributed by atoms with Crippen molar-refractivity contribution in [1.82, 2.24) is 19.6 Å². The van der Waals surface area contributed by atoms with Gasteiger partial charge in [0.1, 0.15) is 5.75 Å². The Morgan fingerprint density at radius 1 is 1.24 bits per heavy atom. The lowest BCUT2D eigenvalue weighted by atomic mass is 9.93. The quantitative estimate of drug-likeness (QED) is 0.750. The second-order valence-electron chi connectivity index (χ2n) is 7.55. The number of carbonyl (C=O) groups is 2. The van der Waals surface area contributed by atoms with Crippen molar-refractivity contribution in [3.8, 4) is 5.75 Å². The summed E-state index contributed by atoms with van der Waals surface area (Å²) >= 11 is 0. The number of aryl methyl sites for hydroxylation is 1. The molecule has 1 saturated heterocycles. The van der Waals surface area contributed by atoms with Gasteiger partial charge in [-0.25, -0.2) is 0 Å². The number of ether oxygens (including phenoxy) is 1. The van der Waals surface area contributed by atoms with E-state index in [1.807, 2.05) is 47.8 Å². The number of hydrogen-bond acceptors (Lipinski definition) is 4. The van der Waals surface area contributed by atoms with Gasteiger partial charge in [0, 0.05) is 40.0 Å². The Morgan fingerprint density at radius 2 is 1.93 bits per heavy atom. The smallest absolute Gasteiger partial charge is 0.257 e. The summed E-state index contributed by atoms with van der Waals surface area (Å²) in [5, 5.41) is 4.67. The van der Waals surface area contributed by atoms with Gasteiger partial charge in [0.25, 0.3) is 5.91 Å². The average molecular weight is 399 g/mol. The minimum atomic E-state index is 0.0253. The lowest BCUT2D eigenvalue weighted by Gasteiger charge is -2.31. The first-order valence-electron chi connectivity index (χ1n) is 10.2. The highest BCUT2D eigenvalue weighted by Crippen LogP contribution is 2.29. The number of likely N-dealkylation sites (tertiary alicyclic amines) is 1. The topological polar surface area (TPSA) is 67.7 Å². The van der Waals surface area contributed by atoms with E-state index in [0.29, 0.717) is 43.5 Å². The third kappa shape index (κ3) is 4.78. The molecule has 1 aromatic heterocycles. The molecule has 0 spiro atoms. The van der Waals surface area contributed by atoms with Crippen LogP contribution in [-0.2, 0) is 18.4 Å². The second-order valence-corrected chi connectivity index (χ2v) is 7.55. The van der Waals surface area contributed by atoms with Gasteiger partial charge in [-0.15, -0.1) is 0 Å². The predicted molar refractivity (Wildman–Crippen MR) is 111 cm³/mol. The highest BCUT2D eigenvalue weighted by Gasteiger charge is 2.27. The molecule has 2 aromatic rings. The Labute approximate surface area is 172 Å². The lowest BCUT2D eigenvalue weighted by molar-refractivity contribution is -0.128. The predicted octanol–water partition coefficient (Wildman–Crippen LogP) is 2.82. The fraction of sp³-hybridized carbons (Fsp3) is 0.500. The molecule has 0 radical (unpaired) electrons. The van der Waals surface area contributed by atoms with Crippen LogP contribution in [0, 0.1) is 0 Å². The zero-order valence-electron chi connectivity index (χ0n) is 17.7. The van der Waals surface area contributed by atoms with E-state index in [9.17, 15) is 9.59 Å². The first-order valence-corrected chi connectivity index (χ1v) is 10.2. The number of para-hydroxylation sites is 1. The summed E-state index contributed by atoms with van der Waals surface area (Å²) in [5.74, 6) is 1.03. The third-order valence-electron chi connectivity index (χ3n) is 5.55. The van der Waals surface area contributed by atoms with E-state index in [1.54, 1.807) is 18.9 Å². The van der Waals surface area contributed by atoms with Crippen molar-refractivity contribution in [1.29, 1.82) is 0 Å². The normalized spacial score (nSPS) is 14.7. The zero-order valence-corrected chi connectivity index (χ0v) is 17.7. The summed E-state index contributed by atoms with van der Waals surface area (Å²) in [6.45, 7) is 5.96. The first-order chi connectivity index (χ1) is 13.9. The number of benzene rings is 1. The third-order valence-corrected chi connectivity index (χ3v) is 5.55. The SMILES string of the molecule is CCOc1ccccc1C(=O)N1CCC(c2cc(CN(C)C(C)=O)n(C)n2)CC1. The molecule has 0 atom stereocenters. The largest absolute Gasteiger partial charge is 0.493 e. The Morgan fingerprint density at radius 3 is 2.59 bits per heavy atom. The Hall–Kier alpha value is -2.83. The van der Waals surface area contributed by atoms with Crippen LogP contribution in [0.15, 0.2) is 30.3 Å². The molecule has 1 aliphatic heterocycles. The molecule has 1 fully saturated rings. The van der Waals surface area contributed by atoms with Crippen LogP contribution < -0.4 is 4.74 Å². The van der Waals surface area contributed by atoms with Crippen molar-refractivity contribution >= 4 is 11.8 Å². The monoisotopic (exact) mass is 398 g/mol. The molecule has 0 aliphatic carbocycles. The van der Waals surface area contributed by atoms with Gasteiger partial charge in [-0.1, -0.05) is 12.1 Å². The highest BCUT2D eigenvalue weighted by atomic mass is 16.5. The van der Waals surface area contributed by atoms with Crippen molar-refractivity contribution in [3.05, 3.63) is 47.3 Å². The Kier molecular flexibility index (Phi) is 6.56. The van der Waals surface area contributed by atoms with Gasteiger partial charge in [-0.2, -0.15) is 5.10 Å². The van der Waals surface area contributed by atoms with Crippen LogP contribution in [0.4, 0.5) is 0 Å². The molecule has 7 nitrogen and oxygen atoms in total. The van der Waals surface area contributed by atoms with Crippen molar-refractivity contribution in [2.24, 2.45) is 7.05 Å². The lowest BCUT2D eigenvalue weighted by Crippen LogP contribution is -2.38. The van der Waals surface area contributed by atoms with Crippen LogP contribution in [0.5, 0.6) is 5.75 Å². The van der Waals surface area contributed by atoms with E-state index in [4.69, 9.17) is 4.74 Å². The molecule has 1 aliphatic rings. The molecule has 7 heteroatoms. The molecule has 0 bridgehead atoms. The summed E-state index contributed by atoms with van der Waals surface area (Å²) in [6.07, 6.45) is 1.75. The van der Waals surface area contributed by atoms with E-state index in [2.05, 4.69) is 11.2 Å². The summed E-state index contributed by atoms with van der Waals surface area (Å²) in [5.41, 5.74) is 2.68. The minimum absolute atomic E-state index is 0.0253. The molecule has 1 aromatic carbocycles. The number of piperidine rings is 1. The van der Waals surface area contributed by atoms with Crippen LogP contribution in [0.25, 0.3) is 0 Å². The first kappa shape index (κ1) is 20.9. The van der Waals surface area contributed by atoms with E-state index in [1.165, 1.54) is 0 Å². The standard InChI is InChI=1S/C22H30N4O3/c1-5-29-21-9-7-6-8-19(21)22(28)26-12-10-17(11-13-26)20-14-18(25(4)23-20)15-24(3)16(2)27/h6-9,14,17H,5,10-13,15H2,1-4H3. The molecule has 156 valence electrons. The van der Waals surface area contributed by atoms with E-state index >= 15 is 0 Å². The van der Waals surface area contributed by atoms with Crippen molar-refractivity contribution in [3.63, 3.8) is 0 Å². The van der Waals surface area contributed by atoms with E-state index in [0.717, 1.165) is 24.2 Å². The number of rotatable bonds is 6. The Bertz CT molecular complexity index is 869. The number of amides is 2. The van der Waals surface area contributed by atoms with Gasteiger partial charge in [-0.05, 0) is 38.0 Å². The van der Waals surface area contributed by atoms with Crippen LogP contribution in [0.1, 0.15) is 54.4 Å². The van der Waals surface area contributed by atoms with Gasteiger partial charge >= 0.3 is 0 Å². The van der Waals surface area contributed by atoms with Crippen LogP contribution in [-0.4, -0.2) is 58.1 Å². The number of hydrogen-bond donors (Lipinski definition) is 0. The summed E-state index contributed by atoms with van der Waals surface area (Å²) in [6, 6.07) is 9.52. The van der Waals surface area contributed by atoms with Gasteiger partial charge < -0.3 is 14.5 Å². The van der Waals surface area contributed by atoms with Crippen molar-refractivity contribution in [2.45, 2.75) is 39.2 Å². The summed E-state index contributed by atoms with van der Waals surface area (Å²) < 4.78 is 7.47. The highest BCUT2D eigenvalue weighted by molar-refractivity contribution is 5.97. The molecule has 2 heterocycles. The molecule has 0 saturated carbocycles. The molecule has 3 rings (SSSR count). The molecule has 0 unspecified atom stereocenters. The number of carbonyl (C=O) groups excluding carboxylic acids is 2. The van der Waals surface area contributed by atoms with Crippen LogP contribution in [0.2, 0.25) is 0 Å². The maximum Gasteiger partial charge on any atom is 0.257 e. The maximum atomic E-state index is 13.0. The van der Waals surface area contributed by atoms with Gasteiger partial charge in [0.05, 0.1) is 30.1 Å². The Balaban J connectivity index is 1.64. The number of nitrogens with zero attached hydrogens (tertiary/aromatic N) is 4. The van der Waals surface area contributed by atoms with E-state index < -0.39 is 0 Å². The van der Waals surface area contributed by atoms with Gasteiger partial charge in [-0.3, -0.25) is 14.3 Å². The summed E-state index contributed by atoms with van der Waals surface area (Å²) in [7, 11) is 3.70. The summed E-state index contributed by atoms with van der Waals surface area (Å²) in [4.78, 5) is 28.1. The van der Waals surface area contributed by atoms with E-state index in [-0.39, 0.29) is 11.8 Å². The van der Waals surface area contributed by atoms with Crippen molar-refractivity contribution in [2.75, 3.05) is 26.7 Å². The second kappa shape index (κ2) is 9.11. The fourth-order valence-electron chi connectivity index (χ4n) is 3.71. The molecular formula is C22H30N4O3. The maximum absolute atomic E-state index is 13.0. The fourth-order valence-corrected chi connectivity index (χ4v) is 3.71. The van der Waals surface area contributed by atoms with Crippen LogP contribution in [0.3, 0.4) is 0 Å². The number of aromatic nitrogens is 2. The van der Waals surface area contributed by atoms with Gasteiger partial charge in [0.2, 0.25) is 5.91 Å².